The van der Waals surface area contributed by atoms with Gasteiger partial charge in [0.25, 0.3) is 0 Å². The molecule has 5 nitrogen and oxygen atoms in total. The Labute approximate surface area is 198 Å². The predicted molar refractivity (Wildman–Crippen MR) is 132 cm³/mol. The van der Waals surface area contributed by atoms with Crippen molar-refractivity contribution in [1.29, 1.82) is 0 Å². The topological polar surface area (TPSA) is 58.6 Å². The molecule has 1 N–H and O–H groups in total. The van der Waals surface area contributed by atoms with Gasteiger partial charge in [0.2, 0.25) is 11.8 Å². The highest BCUT2D eigenvalue weighted by Crippen LogP contribution is 2.20. The quantitative estimate of drug-likeness (QED) is 0.471. The summed E-state index contributed by atoms with van der Waals surface area (Å²) in [6.45, 7) is 6.98. The summed E-state index contributed by atoms with van der Waals surface area (Å²) in [5, 5.41) is 3.20. The van der Waals surface area contributed by atoms with Gasteiger partial charge in [0, 0.05) is 19.0 Å². The molecule has 0 saturated heterocycles. The van der Waals surface area contributed by atoms with Crippen LogP contribution in [0.3, 0.4) is 0 Å². The molecule has 0 aliphatic heterocycles. The van der Waals surface area contributed by atoms with E-state index in [1.807, 2.05) is 69.3 Å². The van der Waals surface area contributed by atoms with Crippen LogP contribution in [-0.2, 0) is 16.1 Å². The van der Waals surface area contributed by atoms with Crippen LogP contribution < -0.4 is 10.1 Å². The van der Waals surface area contributed by atoms with Crippen molar-refractivity contribution < 1.29 is 14.3 Å². The van der Waals surface area contributed by atoms with E-state index in [4.69, 9.17) is 4.74 Å². The van der Waals surface area contributed by atoms with Crippen molar-refractivity contribution in [2.75, 3.05) is 6.61 Å². The standard InChI is InChI=1S/C28H38N2O3/c1-4-26(28(32)29-24-8-5-6-9-24)30(20-23-15-11-21(2)12-16-23)27(31)10-7-19-33-25-17-13-22(3)14-18-25/h11-18,24,26H,4-10,19-20H2,1-3H3,(H,29,32). The fraction of sp³-hybridized carbons (Fsp3) is 0.500. The molecule has 3 rings (SSSR count). The fourth-order valence-corrected chi connectivity index (χ4v) is 4.37. The molecular formula is C28H38N2O3. The van der Waals surface area contributed by atoms with Crippen LogP contribution in [0.4, 0.5) is 0 Å². The molecule has 1 aliphatic carbocycles. The molecule has 5 heteroatoms. The first-order chi connectivity index (χ1) is 16.0. The van der Waals surface area contributed by atoms with Gasteiger partial charge in [-0.3, -0.25) is 9.59 Å². The lowest BCUT2D eigenvalue weighted by molar-refractivity contribution is -0.141. The van der Waals surface area contributed by atoms with E-state index in [1.54, 1.807) is 4.90 Å². The third-order valence-corrected chi connectivity index (χ3v) is 6.39. The van der Waals surface area contributed by atoms with E-state index < -0.39 is 6.04 Å². The SMILES string of the molecule is CCC(C(=O)NC1CCCC1)N(Cc1ccc(C)cc1)C(=O)CCCOc1ccc(C)cc1. The van der Waals surface area contributed by atoms with Crippen LogP contribution in [0.2, 0.25) is 0 Å². The summed E-state index contributed by atoms with van der Waals surface area (Å²) in [6, 6.07) is 15.9. The van der Waals surface area contributed by atoms with Gasteiger partial charge in [0.05, 0.1) is 6.61 Å². The first-order valence-corrected chi connectivity index (χ1v) is 12.3. The summed E-state index contributed by atoms with van der Waals surface area (Å²) in [4.78, 5) is 28.2. The Morgan fingerprint density at radius 2 is 1.61 bits per heavy atom. The second-order valence-corrected chi connectivity index (χ2v) is 9.19. The normalized spacial score (nSPS) is 14.6. The first kappa shape index (κ1) is 24.8. The summed E-state index contributed by atoms with van der Waals surface area (Å²) < 4.78 is 5.80. The van der Waals surface area contributed by atoms with E-state index in [1.165, 1.54) is 11.1 Å². The van der Waals surface area contributed by atoms with Gasteiger partial charge in [-0.1, -0.05) is 67.3 Å². The van der Waals surface area contributed by atoms with E-state index in [0.29, 0.717) is 32.4 Å². The Balaban J connectivity index is 1.63. The Morgan fingerprint density at radius 3 is 2.21 bits per heavy atom. The lowest BCUT2D eigenvalue weighted by Crippen LogP contribution is -2.50. The number of amides is 2. The number of hydrogen-bond acceptors (Lipinski definition) is 3. The van der Waals surface area contributed by atoms with Crippen LogP contribution in [0.15, 0.2) is 48.5 Å². The molecule has 2 amide bonds. The second kappa shape index (κ2) is 12.4. The molecule has 1 unspecified atom stereocenters. The van der Waals surface area contributed by atoms with Gasteiger partial charge in [-0.2, -0.15) is 0 Å². The predicted octanol–water partition coefficient (Wildman–Crippen LogP) is 5.33. The molecule has 0 aromatic heterocycles. The first-order valence-electron chi connectivity index (χ1n) is 12.3. The number of hydrogen-bond donors (Lipinski definition) is 1. The molecule has 1 aliphatic rings. The molecule has 1 atom stereocenters. The highest BCUT2D eigenvalue weighted by Gasteiger charge is 2.30. The summed E-state index contributed by atoms with van der Waals surface area (Å²) in [6.07, 6.45) is 5.94. The van der Waals surface area contributed by atoms with Crippen LogP contribution in [0.1, 0.15) is 68.6 Å². The van der Waals surface area contributed by atoms with Crippen LogP contribution >= 0.6 is 0 Å². The summed E-state index contributed by atoms with van der Waals surface area (Å²) in [5.74, 6) is 0.782. The number of carbonyl (C=O) groups excluding carboxylic acids is 2. The Hall–Kier alpha value is -2.82. The lowest BCUT2D eigenvalue weighted by Gasteiger charge is -2.31. The van der Waals surface area contributed by atoms with Gasteiger partial charge < -0.3 is 15.0 Å². The number of benzene rings is 2. The van der Waals surface area contributed by atoms with Crippen molar-refractivity contribution in [2.24, 2.45) is 0 Å². The van der Waals surface area contributed by atoms with E-state index in [-0.39, 0.29) is 17.9 Å². The molecule has 1 fully saturated rings. The minimum atomic E-state index is -0.461. The molecule has 2 aromatic rings. The maximum atomic E-state index is 13.3. The van der Waals surface area contributed by atoms with Gasteiger partial charge in [-0.25, -0.2) is 0 Å². The zero-order chi connectivity index (χ0) is 23.6. The number of aryl methyl sites for hydroxylation is 2. The van der Waals surface area contributed by atoms with Crippen molar-refractivity contribution in [1.82, 2.24) is 10.2 Å². The minimum absolute atomic E-state index is 0.00324. The summed E-state index contributed by atoms with van der Waals surface area (Å²) in [7, 11) is 0. The number of carbonyl (C=O) groups is 2. The molecule has 0 heterocycles. The van der Waals surface area contributed by atoms with Crippen LogP contribution in [0.25, 0.3) is 0 Å². The fourth-order valence-electron chi connectivity index (χ4n) is 4.37. The average Bonchev–Trinajstić information content (AvgIpc) is 3.32. The highest BCUT2D eigenvalue weighted by atomic mass is 16.5. The highest BCUT2D eigenvalue weighted by molar-refractivity contribution is 5.87. The number of rotatable bonds is 11. The number of nitrogens with zero attached hydrogens (tertiary/aromatic N) is 1. The summed E-state index contributed by atoms with van der Waals surface area (Å²) in [5.41, 5.74) is 3.40. The Morgan fingerprint density at radius 1 is 1.00 bits per heavy atom. The van der Waals surface area contributed by atoms with Crippen molar-refractivity contribution in [3.05, 3.63) is 65.2 Å². The van der Waals surface area contributed by atoms with Gasteiger partial charge in [0.1, 0.15) is 11.8 Å². The molecule has 178 valence electrons. The molecule has 0 radical (unpaired) electrons. The molecule has 1 saturated carbocycles. The largest absolute Gasteiger partial charge is 0.494 e. The molecule has 0 bridgehead atoms. The third kappa shape index (κ3) is 7.62. The van der Waals surface area contributed by atoms with Gasteiger partial charge in [0.15, 0.2) is 0 Å². The van der Waals surface area contributed by atoms with E-state index >= 15 is 0 Å². The van der Waals surface area contributed by atoms with Crippen molar-refractivity contribution in [2.45, 2.75) is 84.3 Å². The Kier molecular flexibility index (Phi) is 9.35. The van der Waals surface area contributed by atoms with Gasteiger partial charge >= 0.3 is 0 Å². The Bertz CT molecular complexity index is 886. The lowest BCUT2D eigenvalue weighted by atomic mass is 10.1. The van der Waals surface area contributed by atoms with Crippen LogP contribution in [-0.4, -0.2) is 35.4 Å². The van der Waals surface area contributed by atoms with Gasteiger partial charge in [-0.05, 0) is 57.2 Å². The number of nitrogens with one attached hydrogen (secondary N) is 1. The molecule has 33 heavy (non-hydrogen) atoms. The average molecular weight is 451 g/mol. The van der Waals surface area contributed by atoms with Crippen LogP contribution in [0.5, 0.6) is 5.75 Å². The minimum Gasteiger partial charge on any atom is -0.494 e. The van der Waals surface area contributed by atoms with Crippen LogP contribution in [0, 0.1) is 13.8 Å². The smallest absolute Gasteiger partial charge is 0.243 e. The van der Waals surface area contributed by atoms with Crippen molar-refractivity contribution in [3.63, 3.8) is 0 Å². The van der Waals surface area contributed by atoms with Crippen molar-refractivity contribution >= 4 is 11.8 Å². The zero-order valence-electron chi connectivity index (χ0n) is 20.3. The van der Waals surface area contributed by atoms with Crippen molar-refractivity contribution in [3.8, 4) is 5.75 Å². The maximum Gasteiger partial charge on any atom is 0.243 e. The van der Waals surface area contributed by atoms with Gasteiger partial charge in [-0.15, -0.1) is 0 Å². The second-order valence-electron chi connectivity index (χ2n) is 9.19. The molecule has 2 aromatic carbocycles. The number of ether oxygens (including phenoxy) is 1. The third-order valence-electron chi connectivity index (χ3n) is 6.39. The van der Waals surface area contributed by atoms with E-state index in [9.17, 15) is 9.59 Å². The van der Waals surface area contributed by atoms with E-state index in [0.717, 1.165) is 37.0 Å². The summed E-state index contributed by atoms with van der Waals surface area (Å²) >= 11 is 0. The zero-order valence-corrected chi connectivity index (χ0v) is 20.3. The molecule has 0 spiro atoms. The van der Waals surface area contributed by atoms with E-state index in [2.05, 4.69) is 5.32 Å². The molecular weight excluding hydrogens is 412 g/mol. The maximum absolute atomic E-state index is 13.3. The monoisotopic (exact) mass is 450 g/mol.